The molecule has 3 rings (SSSR count). The number of nitrogens with zero attached hydrogens (tertiary/aromatic N) is 2. The molecule has 2 unspecified atom stereocenters. The van der Waals surface area contributed by atoms with Gasteiger partial charge in [-0.3, -0.25) is 4.79 Å². The van der Waals surface area contributed by atoms with Crippen molar-refractivity contribution < 1.29 is 4.79 Å². The fourth-order valence-corrected chi connectivity index (χ4v) is 3.81. The summed E-state index contributed by atoms with van der Waals surface area (Å²) in [5.74, 6) is 1.51. The predicted octanol–water partition coefficient (Wildman–Crippen LogP) is 2.81. The van der Waals surface area contributed by atoms with Crippen molar-refractivity contribution in [3.63, 3.8) is 0 Å². The van der Waals surface area contributed by atoms with Gasteiger partial charge in [-0.15, -0.1) is 0 Å². The molecule has 0 spiro atoms. The molecule has 1 N–H and O–H groups in total. The van der Waals surface area contributed by atoms with Crippen LogP contribution < -0.4 is 10.2 Å². The topological polar surface area (TPSA) is 35.6 Å². The molecule has 0 saturated carbocycles. The average Bonchev–Trinajstić information content (AvgIpc) is 2.69. The van der Waals surface area contributed by atoms with E-state index in [-0.39, 0.29) is 5.91 Å². The molecule has 2 aliphatic heterocycles. The highest BCUT2D eigenvalue weighted by Crippen LogP contribution is 2.28. The van der Waals surface area contributed by atoms with Crippen molar-refractivity contribution in [3.8, 4) is 0 Å². The van der Waals surface area contributed by atoms with Crippen molar-refractivity contribution in [2.45, 2.75) is 26.7 Å². The van der Waals surface area contributed by atoms with Gasteiger partial charge in [0.2, 0.25) is 5.91 Å². The number of hydrogen-bond acceptors (Lipinski definition) is 3. The Kier molecular flexibility index (Phi) is 4.55. The second-order valence-corrected chi connectivity index (χ2v) is 6.96. The molecule has 1 aromatic carbocycles. The van der Waals surface area contributed by atoms with E-state index in [2.05, 4.69) is 41.1 Å². The second kappa shape index (κ2) is 6.59. The van der Waals surface area contributed by atoms with Crippen molar-refractivity contribution in [2.24, 2.45) is 11.8 Å². The Balaban J connectivity index is 1.71. The molecule has 2 atom stereocenters. The monoisotopic (exact) mass is 301 g/mol. The number of fused-ring (bicyclic) bond motifs is 1. The Morgan fingerprint density at radius 1 is 1.23 bits per heavy atom. The first-order valence-electron chi connectivity index (χ1n) is 8.49. The molecule has 4 heteroatoms. The van der Waals surface area contributed by atoms with Gasteiger partial charge >= 0.3 is 0 Å². The zero-order valence-corrected chi connectivity index (χ0v) is 13.7. The van der Waals surface area contributed by atoms with Crippen LogP contribution in [0.4, 0.5) is 11.4 Å². The first kappa shape index (κ1) is 15.2. The molecule has 22 heavy (non-hydrogen) atoms. The first-order chi connectivity index (χ1) is 10.6. The van der Waals surface area contributed by atoms with E-state index in [0.717, 1.165) is 44.0 Å². The highest BCUT2D eigenvalue weighted by Gasteiger charge is 2.27. The van der Waals surface area contributed by atoms with E-state index in [9.17, 15) is 4.79 Å². The summed E-state index contributed by atoms with van der Waals surface area (Å²) in [4.78, 5) is 17.1. The maximum absolute atomic E-state index is 12.7. The number of likely N-dealkylation sites (tertiary alicyclic amines) is 1. The minimum Gasteiger partial charge on any atom is -0.383 e. The lowest BCUT2D eigenvalue weighted by atomic mass is 9.92. The number of rotatable bonds is 2. The Morgan fingerprint density at radius 2 is 1.95 bits per heavy atom. The van der Waals surface area contributed by atoms with Crippen LogP contribution in [0.15, 0.2) is 24.3 Å². The summed E-state index contributed by atoms with van der Waals surface area (Å²) in [7, 11) is 0. The fourth-order valence-electron chi connectivity index (χ4n) is 3.81. The van der Waals surface area contributed by atoms with Gasteiger partial charge in [0, 0.05) is 26.2 Å². The van der Waals surface area contributed by atoms with Crippen LogP contribution >= 0.6 is 0 Å². The largest absolute Gasteiger partial charge is 0.383 e. The number of para-hydroxylation sites is 2. The number of piperidine rings is 1. The third-order valence-electron chi connectivity index (χ3n) is 4.71. The Labute approximate surface area is 133 Å². The number of nitrogens with one attached hydrogen (secondary N) is 1. The van der Waals surface area contributed by atoms with E-state index < -0.39 is 0 Å². The lowest BCUT2D eigenvalue weighted by Gasteiger charge is -2.36. The van der Waals surface area contributed by atoms with Crippen molar-refractivity contribution in [3.05, 3.63) is 24.3 Å². The van der Waals surface area contributed by atoms with Gasteiger partial charge in [0.15, 0.2) is 0 Å². The molecular formula is C18H27N3O. The molecule has 1 saturated heterocycles. The average molecular weight is 301 g/mol. The van der Waals surface area contributed by atoms with E-state index in [1.165, 1.54) is 6.42 Å². The van der Waals surface area contributed by atoms with Crippen LogP contribution in [0, 0.1) is 11.8 Å². The van der Waals surface area contributed by atoms with E-state index >= 15 is 0 Å². The SMILES string of the molecule is CC1CC(C)CN(C(=O)CN2CCCNc3ccccc32)C1. The number of hydrogen-bond donors (Lipinski definition) is 1. The fraction of sp³-hybridized carbons (Fsp3) is 0.611. The third-order valence-corrected chi connectivity index (χ3v) is 4.71. The molecule has 0 aliphatic carbocycles. The Hall–Kier alpha value is -1.71. The van der Waals surface area contributed by atoms with Crippen molar-refractivity contribution in [1.82, 2.24) is 4.90 Å². The Morgan fingerprint density at radius 3 is 2.73 bits per heavy atom. The zero-order chi connectivity index (χ0) is 15.5. The highest BCUT2D eigenvalue weighted by atomic mass is 16.2. The predicted molar refractivity (Wildman–Crippen MR) is 91.3 cm³/mol. The van der Waals surface area contributed by atoms with Crippen molar-refractivity contribution in [1.29, 1.82) is 0 Å². The van der Waals surface area contributed by atoms with Gasteiger partial charge in [-0.25, -0.2) is 0 Å². The molecular weight excluding hydrogens is 274 g/mol. The lowest BCUT2D eigenvalue weighted by molar-refractivity contribution is -0.132. The lowest BCUT2D eigenvalue weighted by Crippen LogP contribution is -2.47. The molecule has 0 aromatic heterocycles. The summed E-state index contributed by atoms with van der Waals surface area (Å²) in [6.07, 6.45) is 2.30. The van der Waals surface area contributed by atoms with Crippen LogP contribution in [-0.4, -0.2) is 43.5 Å². The molecule has 2 heterocycles. The summed E-state index contributed by atoms with van der Waals surface area (Å²) in [6.45, 7) is 8.74. The van der Waals surface area contributed by atoms with E-state index in [0.29, 0.717) is 18.4 Å². The van der Waals surface area contributed by atoms with E-state index in [4.69, 9.17) is 0 Å². The van der Waals surface area contributed by atoms with Gasteiger partial charge in [0.1, 0.15) is 0 Å². The zero-order valence-electron chi connectivity index (χ0n) is 13.7. The van der Waals surface area contributed by atoms with Crippen molar-refractivity contribution in [2.75, 3.05) is 42.9 Å². The summed E-state index contributed by atoms with van der Waals surface area (Å²) >= 11 is 0. The molecule has 4 nitrogen and oxygen atoms in total. The summed E-state index contributed by atoms with van der Waals surface area (Å²) in [5, 5.41) is 3.46. The number of amides is 1. The third kappa shape index (κ3) is 3.37. The van der Waals surface area contributed by atoms with Gasteiger partial charge in [0.05, 0.1) is 17.9 Å². The van der Waals surface area contributed by atoms with Crippen molar-refractivity contribution >= 4 is 17.3 Å². The van der Waals surface area contributed by atoms with Gasteiger partial charge < -0.3 is 15.1 Å². The van der Waals surface area contributed by atoms with Crippen LogP contribution in [0.1, 0.15) is 26.7 Å². The molecule has 2 aliphatic rings. The minimum absolute atomic E-state index is 0.273. The molecule has 1 fully saturated rings. The van der Waals surface area contributed by atoms with Crippen LogP contribution in [0.3, 0.4) is 0 Å². The summed E-state index contributed by atoms with van der Waals surface area (Å²) in [5.41, 5.74) is 2.31. The number of carbonyl (C=O) groups is 1. The second-order valence-electron chi connectivity index (χ2n) is 6.96. The van der Waals surface area contributed by atoms with Gasteiger partial charge in [0.25, 0.3) is 0 Å². The standard InChI is InChI=1S/C18H27N3O/c1-14-10-15(2)12-21(11-14)18(22)13-20-9-5-8-19-16-6-3-4-7-17(16)20/h3-4,6-7,14-15,19H,5,8-13H2,1-2H3. The number of carbonyl (C=O) groups excluding carboxylic acids is 1. The Bertz CT molecular complexity index is 521. The van der Waals surface area contributed by atoms with E-state index in [1.807, 2.05) is 12.1 Å². The minimum atomic E-state index is 0.273. The molecule has 0 bridgehead atoms. The van der Waals surface area contributed by atoms with Crippen LogP contribution in [0.5, 0.6) is 0 Å². The molecule has 0 radical (unpaired) electrons. The highest BCUT2D eigenvalue weighted by molar-refractivity contribution is 5.84. The van der Waals surface area contributed by atoms with Crippen LogP contribution in [-0.2, 0) is 4.79 Å². The molecule has 1 aromatic rings. The maximum Gasteiger partial charge on any atom is 0.242 e. The molecule has 1 amide bonds. The number of benzene rings is 1. The van der Waals surface area contributed by atoms with Crippen LogP contribution in [0.2, 0.25) is 0 Å². The summed E-state index contributed by atoms with van der Waals surface area (Å²) in [6, 6.07) is 8.31. The maximum atomic E-state index is 12.7. The van der Waals surface area contributed by atoms with Gasteiger partial charge in [-0.2, -0.15) is 0 Å². The van der Waals surface area contributed by atoms with Gasteiger partial charge in [-0.05, 0) is 36.8 Å². The van der Waals surface area contributed by atoms with Gasteiger partial charge in [-0.1, -0.05) is 26.0 Å². The first-order valence-corrected chi connectivity index (χ1v) is 8.49. The van der Waals surface area contributed by atoms with Crippen LogP contribution in [0.25, 0.3) is 0 Å². The normalized spacial score (nSPS) is 25.2. The van der Waals surface area contributed by atoms with E-state index in [1.54, 1.807) is 0 Å². The number of anilines is 2. The quantitative estimate of drug-likeness (QED) is 0.912. The molecule has 120 valence electrons. The summed E-state index contributed by atoms with van der Waals surface area (Å²) < 4.78 is 0. The smallest absolute Gasteiger partial charge is 0.242 e.